The van der Waals surface area contributed by atoms with E-state index in [1.807, 2.05) is 23.1 Å². The second-order valence-electron chi connectivity index (χ2n) is 9.16. The normalized spacial score (nSPS) is 17.7. The Labute approximate surface area is 203 Å². The molecule has 0 bridgehead atoms. The molecule has 1 N–H and O–H groups in total. The van der Waals surface area contributed by atoms with Crippen LogP contribution in [0, 0.1) is 0 Å². The average molecular weight is 483 g/mol. The molecule has 1 aromatic heterocycles. The molecule has 0 spiro atoms. The first-order chi connectivity index (χ1) is 17.0. The van der Waals surface area contributed by atoms with E-state index in [1.54, 1.807) is 4.90 Å². The molecule has 186 valence electrons. The van der Waals surface area contributed by atoms with E-state index in [0.717, 1.165) is 31.5 Å². The maximum Gasteiger partial charge on any atom is 0.272 e. The van der Waals surface area contributed by atoms with Gasteiger partial charge in [-0.3, -0.25) is 19.3 Å². The number of H-pyrrole nitrogens is 1. The third-order valence-electron chi connectivity index (χ3n) is 6.74. The minimum atomic E-state index is -0.325. The highest BCUT2D eigenvalue weighted by molar-refractivity contribution is 5.79. The van der Waals surface area contributed by atoms with Crippen LogP contribution in [0.2, 0.25) is 0 Å². The minimum Gasteiger partial charge on any atom is -0.454 e. The zero-order valence-corrected chi connectivity index (χ0v) is 19.7. The fraction of sp³-hybridized carbons (Fsp3) is 0.542. The molecule has 0 saturated carbocycles. The van der Waals surface area contributed by atoms with Crippen LogP contribution in [0.4, 0.5) is 0 Å². The number of piperazine rings is 1. The predicted molar refractivity (Wildman–Crippen MR) is 125 cm³/mol. The summed E-state index contributed by atoms with van der Waals surface area (Å²) in [6, 6.07) is 5.58. The predicted octanol–water partition coefficient (Wildman–Crippen LogP) is 0.184. The zero-order chi connectivity index (χ0) is 24.2. The lowest BCUT2D eigenvalue weighted by molar-refractivity contribution is -0.134. The van der Waals surface area contributed by atoms with E-state index in [0.29, 0.717) is 56.5 Å². The van der Waals surface area contributed by atoms with Gasteiger partial charge in [-0.25, -0.2) is 0 Å². The van der Waals surface area contributed by atoms with Crippen molar-refractivity contribution < 1.29 is 19.1 Å². The van der Waals surface area contributed by atoms with Gasteiger partial charge in [-0.05, 0) is 30.5 Å². The molecular formula is C24H30N6O5. The summed E-state index contributed by atoms with van der Waals surface area (Å²) in [5.74, 6) is 1.99. The Morgan fingerprint density at radius 3 is 2.43 bits per heavy atom. The number of aromatic amines is 1. The second kappa shape index (κ2) is 10.4. The molecule has 0 radical (unpaired) electrons. The molecular weight excluding hydrogens is 452 g/mol. The van der Waals surface area contributed by atoms with Gasteiger partial charge in [0.2, 0.25) is 18.6 Å². The van der Waals surface area contributed by atoms with E-state index in [4.69, 9.17) is 9.47 Å². The fourth-order valence-corrected chi connectivity index (χ4v) is 4.68. The number of fused-ring (bicyclic) bond motifs is 1. The standard InChI is InChI=1S/C24H30N6O5/c31-22(30-11-9-28(10-12-30)15-23(32)29-7-1-2-8-29)6-4-18-24(33)25-21(27-26-18)14-17-3-5-19-20(13-17)35-16-34-19/h3,5,13H,1-2,4,6-12,14-16H2,(H,25,27,33). The smallest absolute Gasteiger partial charge is 0.272 e. The molecule has 3 aliphatic heterocycles. The van der Waals surface area contributed by atoms with Crippen LogP contribution >= 0.6 is 0 Å². The van der Waals surface area contributed by atoms with Crippen LogP contribution in [-0.2, 0) is 22.4 Å². The Morgan fingerprint density at radius 1 is 0.914 bits per heavy atom. The van der Waals surface area contributed by atoms with Crippen molar-refractivity contribution >= 4 is 11.8 Å². The number of nitrogens with zero attached hydrogens (tertiary/aromatic N) is 5. The molecule has 2 saturated heterocycles. The van der Waals surface area contributed by atoms with Crippen molar-refractivity contribution in [2.24, 2.45) is 0 Å². The van der Waals surface area contributed by atoms with Gasteiger partial charge in [-0.2, -0.15) is 0 Å². The number of nitrogens with one attached hydrogen (secondary N) is 1. The average Bonchev–Trinajstić information content (AvgIpc) is 3.56. The van der Waals surface area contributed by atoms with E-state index >= 15 is 0 Å². The van der Waals surface area contributed by atoms with Crippen LogP contribution in [0.1, 0.15) is 36.3 Å². The molecule has 11 nitrogen and oxygen atoms in total. The van der Waals surface area contributed by atoms with Gasteiger partial charge in [-0.1, -0.05) is 6.07 Å². The molecule has 2 aromatic rings. The van der Waals surface area contributed by atoms with Gasteiger partial charge in [0.05, 0.1) is 6.54 Å². The molecule has 35 heavy (non-hydrogen) atoms. The first kappa shape index (κ1) is 23.3. The third kappa shape index (κ3) is 5.61. The summed E-state index contributed by atoms with van der Waals surface area (Å²) in [7, 11) is 0. The first-order valence-corrected chi connectivity index (χ1v) is 12.2. The van der Waals surface area contributed by atoms with Crippen molar-refractivity contribution in [3.05, 3.63) is 45.6 Å². The molecule has 2 fully saturated rings. The molecule has 0 atom stereocenters. The Hall–Kier alpha value is -3.47. The van der Waals surface area contributed by atoms with E-state index in [1.165, 1.54) is 0 Å². The van der Waals surface area contributed by atoms with Crippen LogP contribution < -0.4 is 15.0 Å². The number of carbonyl (C=O) groups excluding carboxylic acids is 2. The summed E-state index contributed by atoms with van der Waals surface area (Å²) in [4.78, 5) is 46.1. The summed E-state index contributed by atoms with van der Waals surface area (Å²) in [6.45, 7) is 4.88. The molecule has 11 heteroatoms. The number of rotatable bonds is 7. The highest BCUT2D eigenvalue weighted by Gasteiger charge is 2.25. The highest BCUT2D eigenvalue weighted by atomic mass is 16.7. The SMILES string of the molecule is O=C(CCc1nnc(Cc2ccc3c(c2)OCO3)[nH]c1=O)N1CCN(CC(=O)N2CCCC2)CC1. The van der Waals surface area contributed by atoms with E-state index in [2.05, 4.69) is 20.1 Å². The van der Waals surface area contributed by atoms with Gasteiger partial charge in [0, 0.05) is 58.5 Å². The summed E-state index contributed by atoms with van der Waals surface area (Å²) < 4.78 is 10.7. The molecule has 2 amide bonds. The van der Waals surface area contributed by atoms with Gasteiger partial charge in [0.25, 0.3) is 5.56 Å². The van der Waals surface area contributed by atoms with Crippen LogP contribution in [0.3, 0.4) is 0 Å². The Bertz CT molecular complexity index is 1140. The number of aryl methyl sites for hydroxylation is 1. The molecule has 0 unspecified atom stereocenters. The Kier molecular flexibility index (Phi) is 6.94. The number of hydrogen-bond acceptors (Lipinski definition) is 8. The van der Waals surface area contributed by atoms with Crippen molar-refractivity contribution in [3.63, 3.8) is 0 Å². The van der Waals surface area contributed by atoms with Gasteiger partial charge >= 0.3 is 0 Å². The zero-order valence-electron chi connectivity index (χ0n) is 19.7. The lowest BCUT2D eigenvalue weighted by Gasteiger charge is -2.35. The number of ether oxygens (including phenoxy) is 2. The topological polar surface area (TPSA) is 121 Å². The van der Waals surface area contributed by atoms with Crippen molar-refractivity contribution in [1.29, 1.82) is 0 Å². The van der Waals surface area contributed by atoms with Gasteiger partial charge in [0.1, 0.15) is 11.5 Å². The lowest BCUT2D eigenvalue weighted by Crippen LogP contribution is -2.51. The van der Waals surface area contributed by atoms with Gasteiger partial charge < -0.3 is 24.3 Å². The maximum absolute atomic E-state index is 12.7. The van der Waals surface area contributed by atoms with Gasteiger partial charge in [0.15, 0.2) is 11.5 Å². The Balaban J connectivity index is 1.08. The highest BCUT2D eigenvalue weighted by Crippen LogP contribution is 2.32. The molecule has 4 heterocycles. The van der Waals surface area contributed by atoms with E-state index < -0.39 is 0 Å². The van der Waals surface area contributed by atoms with E-state index in [-0.39, 0.29) is 42.7 Å². The minimum absolute atomic E-state index is 0.0128. The summed E-state index contributed by atoms with van der Waals surface area (Å²) in [6.07, 6.45) is 3.02. The third-order valence-corrected chi connectivity index (χ3v) is 6.74. The molecule has 5 rings (SSSR count). The van der Waals surface area contributed by atoms with Gasteiger partial charge in [-0.15, -0.1) is 10.2 Å². The Morgan fingerprint density at radius 2 is 1.66 bits per heavy atom. The summed E-state index contributed by atoms with van der Waals surface area (Å²) in [5.41, 5.74) is 0.847. The van der Waals surface area contributed by atoms with Crippen molar-refractivity contribution in [2.75, 3.05) is 52.6 Å². The van der Waals surface area contributed by atoms with Crippen molar-refractivity contribution in [2.45, 2.75) is 32.1 Å². The largest absolute Gasteiger partial charge is 0.454 e. The molecule has 0 aliphatic carbocycles. The number of benzene rings is 1. The van der Waals surface area contributed by atoms with Crippen molar-refractivity contribution in [3.8, 4) is 11.5 Å². The summed E-state index contributed by atoms with van der Waals surface area (Å²) in [5, 5.41) is 8.22. The fourth-order valence-electron chi connectivity index (χ4n) is 4.68. The summed E-state index contributed by atoms with van der Waals surface area (Å²) >= 11 is 0. The second-order valence-corrected chi connectivity index (χ2v) is 9.16. The van der Waals surface area contributed by atoms with Crippen LogP contribution in [0.5, 0.6) is 11.5 Å². The van der Waals surface area contributed by atoms with Crippen LogP contribution in [-0.4, -0.2) is 94.3 Å². The van der Waals surface area contributed by atoms with E-state index in [9.17, 15) is 14.4 Å². The monoisotopic (exact) mass is 482 g/mol. The maximum atomic E-state index is 12.7. The number of amides is 2. The first-order valence-electron chi connectivity index (χ1n) is 12.2. The number of aromatic nitrogens is 3. The number of hydrogen-bond donors (Lipinski definition) is 1. The van der Waals surface area contributed by atoms with Crippen LogP contribution in [0.25, 0.3) is 0 Å². The number of carbonyl (C=O) groups is 2. The van der Waals surface area contributed by atoms with Crippen LogP contribution in [0.15, 0.2) is 23.0 Å². The lowest BCUT2D eigenvalue weighted by atomic mass is 10.1. The molecule has 1 aromatic carbocycles. The number of likely N-dealkylation sites (tertiary alicyclic amines) is 1. The quantitative estimate of drug-likeness (QED) is 0.594. The molecule has 3 aliphatic rings. The van der Waals surface area contributed by atoms with Crippen molar-refractivity contribution in [1.82, 2.24) is 29.9 Å².